The third kappa shape index (κ3) is 11.8. The van der Waals surface area contributed by atoms with Crippen molar-refractivity contribution in [1.29, 1.82) is 0 Å². The Hall–Kier alpha value is -3.29. The van der Waals surface area contributed by atoms with E-state index in [1.807, 2.05) is 19.9 Å². The highest BCUT2D eigenvalue weighted by molar-refractivity contribution is 5.92. The van der Waals surface area contributed by atoms with Crippen LogP contribution in [-0.4, -0.2) is 47.5 Å². The SMILES string of the molecule is C=C/C(C)=C(\C=C(/C)C/C=N\NC)/N=C(/CCCC(=O)O)N(C=O)C(C=C)CC/C=C/F. The number of nitrogens with one attached hydrogen (secondary N) is 1. The van der Waals surface area contributed by atoms with E-state index in [1.165, 1.54) is 11.0 Å². The van der Waals surface area contributed by atoms with Crippen molar-refractivity contribution in [3.8, 4) is 0 Å². The number of hydrazone groups is 1. The standard InChI is InChI=1S/C24H35FN4O3/c1-6-20(4)22(17-19(3)14-16-27-26-5)28-23(12-10-13-24(31)32)29(18-30)21(7-2)11-8-9-15-25/h6-7,9,15-18,21,26H,1-2,8,10-14H2,3-5H3,(H,31,32)/b15-9+,19-17+,22-20+,27-16-,28-23-. The molecule has 2 N–H and O–H groups in total. The van der Waals surface area contributed by atoms with Gasteiger partial charge in [-0.1, -0.05) is 30.4 Å². The summed E-state index contributed by atoms with van der Waals surface area (Å²) in [6.45, 7) is 11.4. The summed E-state index contributed by atoms with van der Waals surface area (Å²) in [5.74, 6) is -0.507. The zero-order valence-corrected chi connectivity index (χ0v) is 19.3. The molecule has 0 heterocycles. The molecule has 0 fully saturated rings. The van der Waals surface area contributed by atoms with E-state index >= 15 is 0 Å². The molecule has 8 heteroatoms. The minimum absolute atomic E-state index is 0.0517. The number of amides is 1. The molecule has 0 radical (unpaired) electrons. The second-order valence-electron chi connectivity index (χ2n) is 7.03. The molecular formula is C24H35FN4O3. The number of hydrogen-bond donors (Lipinski definition) is 2. The largest absolute Gasteiger partial charge is 0.481 e. The quantitative estimate of drug-likeness (QED) is 0.0879. The molecule has 0 saturated carbocycles. The molecule has 1 atom stereocenters. The lowest BCUT2D eigenvalue weighted by Gasteiger charge is -2.27. The summed E-state index contributed by atoms with van der Waals surface area (Å²) in [4.78, 5) is 29.2. The molecule has 32 heavy (non-hydrogen) atoms. The van der Waals surface area contributed by atoms with E-state index < -0.39 is 12.0 Å². The second-order valence-corrected chi connectivity index (χ2v) is 7.03. The highest BCUT2D eigenvalue weighted by Gasteiger charge is 2.19. The number of rotatable bonds is 16. The summed E-state index contributed by atoms with van der Waals surface area (Å²) >= 11 is 0. The van der Waals surface area contributed by atoms with Crippen LogP contribution in [0.25, 0.3) is 0 Å². The number of nitrogens with zero attached hydrogens (tertiary/aromatic N) is 3. The van der Waals surface area contributed by atoms with E-state index in [0.29, 0.717) is 50.0 Å². The zero-order chi connectivity index (χ0) is 24.4. The average Bonchev–Trinajstić information content (AvgIpc) is 2.77. The third-order valence-electron chi connectivity index (χ3n) is 4.53. The topological polar surface area (TPSA) is 94.4 Å². The van der Waals surface area contributed by atoms with Gasteiger partial charge in [-0.25, -0.2) is 9.38 Å². The van der Waals surface area contributed by atoms with Gasteiger partial charge in [0.05, 0.1) is 18.1 Å². The lowest BCUT2D eigenvalue weighted by molar-refractivity contribution is -0.137. The first-order valence-electron chi connectivity index (χ1n) is 10.4. The van der Waals surface area contributed by atoms with E-state index in [2.05, 4.69) is 23.7 Å². The Morgan fingerprint density at radius 3 is 2.53 bits per heavy atom. The average molecular weight is 447 g/mol. The Labute approximate surface area is 190 Å². The first-order valence-corrected chi connectivity index (χ1v) is 10.4. The van der Waals surface area contributed by atoms with Crippen LogP contribution in [-0.2, 0) is 9.59 Å². The van der Waals surface area contributed by atoms with Crippen molar-refractivity contribution in [2.75, 3.05) is 7.05 Å². The number of aliphatic carboxylic acids is 1. The minimum atomic E-state index is -0.923. The smallest absolute Gasteiger partial charge is 0.303 e. The van der Waals surface area contributed by atoms with Gasteiger partial charge >= 0.3 is 5.97 Å². The van der Waals surface area contributed by atoms with Crippen LogP contribution in [0.2, 0.25) is 0 Å². The van der Waals surface area contributed by atoms with Gasteiger partial charge in [0.2, 0.25) is 6.41 Å². The monoisotopic (exact) mass is 446 g/mol. The van der Waals surface area contributed by atoms with Crippen molar-refractivity contribution in [3.63, 3.8) is 0 Å². The zero-order valence-electron chi connectivity index (χ0n) is 19.3. The molecule has 0 bridgehead atoms. The van der Waals surface area contributed by atoms with E-state index in [-0.39, 0.29) is 12.8 Å². The molecule has 0 saturated heterocycles. The molecule has 176 valence electrons. The maximum absolute atomic E-state index is 12.4. The Morgan fingerprint density at radius 1 is 1.28 bits per heavy atom. The van der Waals surface area contributed by atoms with Gasteiger partial charge in [-0.15, -0.1) is 6.58 Å². The highest BCUT2D eigenvalue weighted by atomic mass is 19.1. The molecule has 0 rings (SSSR count). The molecular weight excluding hydrogens is 411 g/mol. The number of carbonyl (C=O) groups is 2. The number of halogens is 1. The highest BCUT2D eigenvalue weighted by Crippen LogP contribution is 2.18. The van der Waals surface area contributed by atoms with Gasteiger partial charge < -0.3 is 10.5 Å². The van der Waals surface area contributed by atoms with Crippen LogP contribution in [0.1, 0.15) is 52.4 Å². The normalized spacial score (nSPS) is 14.2. The number of carboxylic acids is 1. The Morgan fingerprint density at radius 2 is 2.00 bits per heavy atom. The van der Waals surface area contributed by atoms with Crippen LogP contribution in [0.5, 0.6) is 0 Å². The van der Waals surface area contributed by atoms with Crippen molar-refractivity contribution in [2.45, 2.75) is 58.4 Å². The number of allylic oxidation sites excluding steroid dienone is 5. The Kier molecular flexibility index (Phi) is 15.6. The van der Waals surface area contributed by atoms with E-state index in [9.17, 15) is 14.0 Å². The van der Waals surface area contributed by atoms with E-state index in [1.54, 1.807) is 25.4 Å². The van der Waals surface area contributed by atoms with Crippen molar-refractivity contribution in [3.05, 3.63) is 60.6 Å². The number of hydrogen-bond acceptors (Lipinski definition) is 5. The number of aliphatic imine (C=N–C) groups is 1. The van der Waals surface area contributed by atoms with Crippen LogP contribution < -0.4 is 5.43 Å². The second kappa shape index (κ2) is 17.4. The Balaban J connectivity index is 6.22. The van der Waals surface area contributed by atoms with E-state index in [0.717, 1.165) is 11.1 Å². The van der Waals surface area contributed by atoms with E-state index in [4.69, 9.17) is 10.1 Å². The predicted octanol–water partition coefficient (Wildman–Crippen LogP) is 4.92. The molecule has 1 unspecified atom stereocenters. The summed E-state index contributed by atoms with van der Waals surface area (Å²) in [7, 11) is 1.71. The maximum Gasteiger partial charge on any atom is 0.303 e. The summed E-state index contributed by atoms with van der Waals surface area (Å²) in [5.41, 5.74) is 5.09. The van der Waals surface area contributed by atoms with Gasteiger partial charge in [0.25, 0.3) is 0 Å². The summed E-state index contributed by atoms with van der Waals surface area (Å²) in [6, 6.07) is -0.412. The summed E-state index contributed by atoms with van der Waals surface area (Å²) < 4.78 is 12.4. The lowest BCUT2D eigenvalue weighted by atomic mass is 10.1. The predicted molar refractivity (Wildman–Crippen MR) is 129 cm³/mol. The van der Waals surface area contributed by atoms with Crippen molar-refractivity contribution in [1.82, 2.24) is 10.3 Å². The number of carboxylic acid groups (broad SMARTS) is 1. The van der Waals surface area contributed by atoms with Crippen LogP contribution in [0.15, 0.2) is 70.7 Å². The first kappa shape index (κ1) is 28.7. The van der Waals surface area contributed by atoms with Gasteiger partial charge in [-0.2, -0.15) is 5.10 Å². The molecule has 0 aliphatic carbocycles. The molecule has 7 nitrogen and oxygen atoms in total. The van der Waals surface area contributed by atoms with Gasteiger partial charge in [-0.05, 0) is 44.8 Å². The molecule has 0 aromatic rings. The number of carbonyl (C=O) groups excluding carboxylic acids is 1. The fourth-order valence-electron chi connectivity index (χ4n) is 2.72. The lowest BCUT2D eigenvalue weighted by Crippen LogP contribution is -2.38. The molecule has 0 aliphatic rings. The Bertz CT molecular complexity index is 782. The van der Waals surface area contributed by atoms with Crippen molar-refractivity contribution >= 4 is 24.4 Å². The summed E-state index contributed by atoms with van der Waals surface area (Å²) in [5, 5.41) is 13.0. The van der Waals surface area contributed by atoms with Gasteiger partial charge in [-0.3, -0.25) is 14.5 Å². The minimum Gasteiger partial charge on any atom is -0.481 e. The third-order valence-corrected chi connectivity index (χ3v) is 4.53. The van der Waals surface area contributed by atoms with Crippen LogP contribution in [0.4, 0.5) is 4.39 Å². The molecule has 0 aromatic carbocycles. The molecule has 1 amide bonds. The van der Waals surface area contributed by atoms with Crippen molar-refractivity contribution in [2.24, 2.45) is 10.1 Å². The maximum atomic E-state index is 12.4. The fraction of sp³-hybridized carbons (Fsp3) is 0.417. The fourth-order valence-corrected chi connectivity index (χ4v) is 2.72. The molecule has 0 aliphatic heterocycles. The van der Waals surface area contributed by atoms with Gasteiger partial charge in [0.1, 0.15) is 5.84 Å². The number of amidine groups is 1. The molecule has 0 spiro atoms. The first-order chi connectivity index (χ1) is 15.3. The van der Waals surface area contributed by atoms with Crippen LogP contribution in [0.3, 0.4) is 0 Å². The summed E-state index contributed by atoms with van der Waals surface area (Å²) in [6.07, 6.45) is 11.4. The van der Waals surface area contributed by atoms with Gasteiger partial charge in [0, 0.05) is 32.5 Å². The molecule has 0 aromatic heterocycles. The van der Waals surface area contributed by atoms with Crippen molar-refractivity contribution < 1.29 is 19.1 Å². The van der Waals surface area contributed by atoms with Gasteiger partial charge in [0.15, 0.2) is 0 Å². The van der Waals surface area contributed by atoms with Crippen LogP contribution in [0, 0.1) is 0 Å². The van der Waals surface area contributed by atoms with Crippen LogP contribution >= 0.6 is 0 Å².